The Kier molecular flexibility index (Phi) is 9.99. The van der Waals surface area contributed by atoms with E-state index in [4.69, 9.17) is 0 Å². The van der Waals surface area contributed by atoms with Gasteiger partial charge in [0, 0.05) is 39.5 Å². The quantitative estimate of drug-likeness (QED) is 0.161. The molecule has 3 heterocycles. The first-order chi connectivity index (χ1) is 32.2. The Balaban J connectivity index is 1.31. The number of nitrogens with zero attached hydrogens (tertiary/aromatic N) is 4. The molecule has 0 aliphatic rings. The van der Waals surface area contributed by atoms with Crippen molar-refractivity contribution in [1.82, 2.24) is 14.1 Å². The van der Waals surface area contributed by atoms with E-state index in [9.17, 15) is 57.9 Å². The van der Waals surface area contributed by atoms with Crippen LogP contribution in [0.1, 0.15) is 27.8 Å². The standard InChI is InChI=1S/C52H26F12N4/c53-49(54,55)32-11-15-34(40(25-32)51(59,60)61)30-9-13-38-36-5-1-3-7-42(36)67(44(38)23-30)46-21-28(27-65)22-47(48(46)29-17-19-66-20-18-29)68-43-8-4-2-6-37(43)39-14-10-31(24-45(39)68)35-16-12-33(50(56,57)58)26-41(35)52(62,63)64/h1-26H. The number of rotatable bonds is 5. The largest absolute Gasteiger partial charge is 0.417 e. The average Bonchev–Trinajstić information content (AvgIpc) is 3.82. The molecule has 338 valence electrons. The second-order valence-electron chi connectivity index (χ2n) is 15.9. The molecular formula is C52H26F12N4. The van der Waals surface area contributed by atoms with Crippen LogP contribution < -0.4 is 0 Å². The number of para-hydroxylation sites is 2. The van der Waals surface area contributed by atoms with Crippen molar-refractivity contribution >= 4 is 43.6 Å². The van der Waals surface area contributed by atoms with Gasteiger partial charge in [0.25, 0.3) is 0 Å². The lowest BCUT2D eigenvalue weighted by molar-refractivity contribution is -0.144. The molecule has 68 heavy (non-hydrogen) atoms. The van der Waals surface area contributed by atoms with Gasteiger partial charge >= 0.3 is 24.7 Å². The van der Waals surface area contributed by atoms with Crippen molar-refractivity contribution in [2.75, 3.05) is 0 Å². The molecule has 0 radical (unpaired) electrons. The second kappa shape index (κ2) is 15.5. The zero-order valence-corrected chi connectivity index (χ0v) is 34.3. The maximum absolute atomic E-state index is 14.6. The first kappa shape index (κ1) is 43.8. The molecule has 3 aromatic heterocycles. The van der Waals surface area contributed by atoms with Gasteiger partial charge in [0.2, 0.25) is 0 Å². The smallest absolute Gasteiger partial charge is 0.308 e. The highest BCUT2D eigenvalue weighted by atomic mass is 19.4. The second-order valence-corrected chi connectivity index (χ2v) is 15.9. The minimum atomic E-state index is -5.19. The summed E-state index contributed by atoms with van der Waals surface area (Å²) in [7, 11) is 0. The van der Waals surface area contributed by atoms with Gasteiger partial charge in [-0.25, -0.2) is 0 Å². The summed E-state index contributed by atoms with van der Waals surface area (Å²) in [4.78, 5) is 4.19. The van der Waals surface area contributed by atoms with E-state index >= 15 is 0 Å². The molecule has 0 atom stereocenters. The maximum atomic E-state index is 14.6. The van der Waals surface area contributed by atoms with Crippen LogP contribution in [0.5, 0.6) is 0 Å². The van der Waals surface area contributed by atoms with Crippen LogP contribution in [0.4, 0.5) is 52.7 Å². The number of pyridine rings is 1. The van der Waals surface area contributed by atoms with Gasteiger partial charge in [-0.05, 0) is 101 Å². The number of aromatic nitrogens is 3. The number of benzene rings is 7. The molecule has 10 rings (SSSR count). The highest BCUT2D eigenvalue weighted by Gasteiger charge is 2.40. The van der Waals surface area contributed by atoms with E-state index in [2.05, 4.69) is 11.1 Å². The summed E-state index contributed by atoms with van der Waals surface area (Å²) in [5, 5.41) is 13.0. The minimum absolute atomic E-state index is 0.0674. The van der Waals surface area contributed by atoms with Crippen LogP contribution in [0, 0.1) is 11.3 Å². The van der Waals surface area contributed by atoms with Crippen molar-refractivity contribution in [3.05, 3.63) is 186 Å². The van der Waals surface area contributed by atoms with E-state index in [1.165, 1.54) is 36.7 Å². The molecule has 0 aliphatic heterocycles. The van der Waals surface area contributed by atoms with E-state index in [1.807, 2.05) is 0 Å². The van der Waals surface area contributed by atoms with E-state index < -0.39 is 58.1 Å². The van der Waals surface area contributed by atoms with Crippen molar-refractivity contribution in [2.24, 2.45) is 0 Å². The molecule has 0 bridgehead atoms. The predicted molar refractivity (Wildman–Crippen MR) is 234 cm³/mol. The molecule has 0 aliphatic carbocycles. The van der Waals surface area contributed by atoms with Crippen molar-refractivity contribution in [1.29, 1.82) is 5.26 Å². The zero-order valence-electron chi connectivity index (χ0n) is 34.3. The molecule has 0 N–H and O–H groups in total. The summed E-state index contributed by atoms with van der Waals surface area (Å²) in [6, 6.07) is 34.2. The lowest BCUT2D eigenvalue weighted by Crippen LogP contribution is -2.12. The summed E-state index contributed by atoms with van der Waals surface area (Å²) < 4.78 is 173. The molecule has 0 saturated carbocycles. The van der Waals surface area contributed by atoms with E-state index in [0.717, 1.165) is 12.1 Å². The van der Waals surface area contributed by atoms with Crippen LogP contribution in [-0.2, 0) is 24.7 Å². The first-order valence-corrected chi connectivity index (χ1v) is 20.4. The third kappa shape index (κ3) is 7.34. The van der Waals surface area contributed by atoms with Crippen LogP contribution in [-0.4, -0.2) is 14.1 Å². The molecule has 0 fully saturated rings. The van der Waals surface area contributed by atoms with Gasteiger partial charge in [-0.2, -0.15) is 57.9 Å². The first-order valence-electron chi connectivity index (χ1n) is 20.4. The normalized spacial score (nSPS) is 12.7. The Morgan fingerprint density at radius 3 is 1.21 bits per heavy atom. The average molecular weight is 935 g/mol. The lowest BCUT2D eigenvalue weighted by Gasteiger charge is -2.21. The fourth-order valence-electron chi connectivity index (χ4n) is 9.05. The summed E-state index contributed by atoms with van der Waals surface area (Å²) in [6.45, 7) is 0. The summed E-state index contributed by atoms with van der Waals surface area (Å²) in [5.41, 5.74) is -3.92. The SMILES string of the molecule is N#Cc1cc(-n2c3ccccc3c3ccc(-c4ccc(C(F)(F)F)cc4C(F)(F)F)cc32)c(-c2ccncc2)c(-n2c3ccccc3c3ccc(-c4ccc(C(F)(F)F)cc4C(F)(F)F)cc32)c1. The number of alkyl halides is 12. The number of hydrogen-bond acceptors (Lipinski definition) is 2. The van der Waals surface area contributed by atoms with Crippen molar-refractivity contribution in [3.63, 3.8) is 0 Å². The number of nitriles is 1. The Morgan fingerprint density at radius 1 is 0.397 bits per heavy atom. The van der Waals surface area contributed by atoms with Gasteiger partial charge in [0.1, 0.15) is 0 Å². The number of hydrogen-bond donors (Lipinski definition) is 0. The monoisotopic (exact) mass is 934 g/mol. The zero-order chi connectivity index (χ0) is 48.1. The fourth-order valence-corrected chi connectivity index (χ4v) is 9.05. The molecule has 16 heteroatoms. The van der Waals surface area contributed by atoms with Crippen LogP contribution in [0.25, 0.3) is 88.4 Å². The minimum Gasteiger partial charge on any atom is -0.308 e. The van der Waals surface area contributed by atoms with E-state index in [1.54, 1.807) is 94.1 Å². The van der Waals surface area contributed by atoms with Crippen molar-refractivity contribution in [3.8, 4) is 50.8 Å². The fraction of sp³-hybridized carbons (Fsp3) is 0.0769. The molecular weight excluding hydrogens is 909 g/mol. The molecule has 10 aromatic rings. The third-order valence-corrected chi connectivity index (χ3v) is 12.0. The highest BCUT2D eigenvalue weighted by Crippen LogP contribution is 2.47. The summed E-state index contributed by atoms with van der Waals surface area (Å²) >= 11 is 0. The van der Waals surface area contributed by atoms with Gasteiger partial charge in [-0.1, -0.05) is 72.8 Å². The molecule has 0 unspecified atom stereocenters. The number of halogens is 12. The van der Waals surface area contributed by atoms with Gasteiger partial charge in [0.15, 0.2) is 0 Å². The van der Waals surface area contributed by atoms with Gasteiger partial charge in [-0.15, -0.1) is 0 Å². The highest BCUT2D eigenvalue weighted by molar-refractivity contribution is 6.13. The van der Waals surface area contributed by atoms with Crippen LogP contribution in [0.15, 0.2) is 158 Å². The van der Waals surface area contributed by atoms with Crippen molar-refractivity contribution in [2.45, 2.75) is 24.7 Å². The van der Waals surface area contributed by atoms with Gasteiger partial charge in [0.05, 0.1) is 67.3 Å². The Labute approximate surface area is 376 Å². The Morgan fingerprint density at radius 2 is 0.809 bits per heavy atom. The molecule has 0 amide bonds. The molecule has 7 aromatic carbocycles. The molecule has 0 spiro atoms. The predicted octanol–water partition coefficient (Wildman–Crippen LogP) is 16.2. The van der Waals surface area contributed by atoms with Crippen LogP contribution >= 0.6 is 0 Å². The van der Waals surface area contributed by atoms with Crippen LogP contribution in [0.3, 0.4) is 0 Å². The summed E-state index contributed by atoms with van der Waals surface area (Å²) in [5.74, 6) is 0. The van der Waals surface area contributed by atoms with E-state index in [0.29, 0.717) is 78.2 Å². The van der Waals surface area contributed by atoms with Gasteiger partial charge < -0.3 is 9.13 Å². The Hall–Kier alpha value is -8.06. The lowest BCUT2D eigenvalue weighted by atomic mass is 9.95. The Bertz CT molecular complexity index is 3480. The van der Waals surface area contributed by atoms with E-state index in [-0.39, 0.29) is 28.8 Å². The van der Waals surface area contributed by atoms with Gasteiger partial charge in [-0.3, -0.25) is 4.98 Å². The third-order valence-electron chi connectivity index (χ3n) is 12.0. The topological polar surface area (TPSA) is 46.5 Å². The van der Waals surface area contributed by atoms with Crippen LogP contribution in [0.2, 0.25) is 0 Å². The summed E-state index contributed by atoms with van der Waals surface area (Å²) in [6.07, 6.45) is -17.5. The number of fused-ring (bicyclic) bond motifs is 6. The molecule has 0 saturated heterocycles. The molecule has 4 nitrogen and oxygen atoms in total. The maximum Gasteiger partial charge on any atom is 0.417 e. The van der Waals surface area contributed by atoms with Crippen molar-refractivity contribution < 1.29 is 52.7 Å².